The molecule has 1 saturated carbocycles. The van der Waals surface area contributed by atoms with Gasteiger partial charge in [0.25, 0.3) is 0 Å². The number of amides is 1. The molecule has 1 fully saturated rings. The SMILES string of the molecule is N#CC1CCC(C(=O)NCc2ccccc2C(F)(F)F)CC1. The molecule has 118 valence electrons. The Balaban J connectivity index is 1.94. The number of benzene rings is 1. The number of nitrogens with one attached hydrogen (secondary N) is 1. The van der Waals surface area contributed by atoms with E-state index in [4.69, 9.17) is 5.26 Å². The van der Waals surface area contributed by atoms with Gasteiger partial charge in [-0.2, -0.15) is 18.4 Å². The second-order valence-electron chi connectivity index (χ2n) is 5.55. The number of alkyl halides is 3. The number of nitriles is 1. The zero-order valence-corrected chi connectivity index (χ0v) is 12.0. The first-order valence-electron chi connectivity index (χ1n) is 7.24. The van der Waals surface area contributed by atoms with Crippen molar-refractivity contribution in [1.82, 2.24) is 5.32 Å². The smallest absolute Gasteiger partial charge is 0.352 e. The van der Waals surface area contributed by atoms with Gasteiger partial charge in [-0.25, -0.2) is 0 Å². The van der Waals surface area contributed by atoms with Crippen LogP contribution in [0, 0.1) is 23.2 Å². The molecule has 3 nitrogen and oxygen atoms in total. The Morgan fingerprint density at radius 3 is 2.45 bits per heavy atom. The van der Waals surface area contributed by atoms with Gasteiger partial charge in [0, 0.05) is 18.4 Å². The Bertz CT molecular complexity index is 569. The first-order valence-corrected chi connectivity index (χ1v) is 7.24. The van der Waals surface area contributed by atoms with Gasteiger partial charge < -0.3 is 5.32 Å². The number of rotatable bonds is 3. The zero-order valence-electron chi connectivity index (χ0n) is 12.0. The normalized spacial score (nSPS) is 21.9. The van der Waals surface area contributed by atoms with E-state index in [1.165, 1.54) is 18.2 Å². The molecule has 0 radical (unpaired) electrons. The lowest BCUT2D eigenvalue weighted by atomic mass is 9.82. The molecule has 1 aromatic rings. The van der Waals surface area contributed by atoms with Crippen molar-refractivity contribution in [3.63, 3.8) is 0 Å². The van der Waals surface area contributed by atoms with E-state index in [-0.39, 0.29) is 29.9 Å². The van der Waals surface area contributed by atoms with E-state index in [9.17, 15) is 18.0 Å². The maximum absolute atomic E-state index is 12.9. The number of carbonyl (C=O) groups excluding carboxylic acids is 1. The number of halogens is 3. The molecular formula is C16H17F3N2O. The Morgan fingerprint density at radius 1 is 1.23 bits per heavy atom. The van der Waals surface area contributed by atoms with Crippen molar-refractivity contribution in [2.24, 2.45) is 11.8 Å². The predicted octanol–water partition coefficient (Wildman–Crippen LogP) is 3.65. The van der Waals surface area contributed by atoms with Gasteiger partial charge in [0.05, 0.1) is 11.6 Å². The first-order chi connectivity index (χ1) is 10.4. The van der Waals surface area contributed by atoms with E-state index >= 15 is 0 Å². The molecule has 1 aromatic carbocycles. The molecule has 0 aliphatic heterocycles. The molecule has 1 aliphatic rings. The highest BCUT2D eigenvalue weighted by molar-refractivity contribution is 5.78. The lowest BCUT2D eigenvalue weighted by molar-refractivity contribution is -0.138. The van der Waals surface area contributed by atoms with Crippen LogP contribution in [-0.4, -0.2) is 5.91 Å². The Labute approximate surface area is 127 Å². The van der Waals surface area contributed by atoms with Crippen LogP contribution in [0.5, 0.6) is 0 Å². The minimum atomic E-state index is -4.42. The van der Waals surface area contributed by atoms with Crippen LogP contribution in [0.15, 0.2) is 24.3 Å². The molecule has 0 saturated heterocycles. The van der Waals surface area contributed by atoms with E-state index in [0.717, 1.165) is 6.07 Å². The Kier molecular flexibility index (Phi) is 5.07. The maximum atomic E-state index is 12.9. The van der Waals surface area contributed by atoms with Crippen molar-refractivity contribution in [1.29, 1.82) is 5.26 Å². The van der Waals surface area contributed by atoms with Crippen molar-refractivity contribution < 1.29 is 18.0 Å². The van der Waals surface area contributed by atoms with E-state index in [2.05, 4.69) is 11.4 Å². The van der Waals surface area contributed by atoms with Crippen molar-refractivity contribution >= 4 is 5.91 Å². The van der Waals surface area contributed by atoms with Gasteiger partial charge in [-0.3, -0.25) is 4.79 Å². The molecule has 1 aliphatic carbocycles. The lowest BCUT2D eigenvalue weighted by Gasteiger charge is -2.24. The molecule has 0 atom stereocenters. The van der Waals surface area contributed by atoms with Crippen LogP contribution in [0.4, 0.5) is 13.2 Å². The van der Waals surface area contributed by atoms with Crippen molar-refractivity contribution in [2.45, 2.75) is 38.4 Å². The van der Waals surface area contributed by atoms with E-state index in [1.54, 1.807) is 0 Å². The summed E-state index contributed by atoms with van der Waals surface area (Å²) in [6, 6.07) is 7.43. The third-order valence-corrected chi connectivity index (χ3v) is 4.06. The van der Waals surface area contributed by atoms with Crippen LogP contribution in [0.25, 0.3) is 0 Å². The van der Waals surface area contributed by atoms with Gasteiger partial charge in [-0.05, 0) is 37.3 Å². The second kappa shape index (κ2) is 6.82. The van der Waals surface area contributed by atoms with Gasteiger partial charge >= 0.3 is 6.18 Å². The maximum Gasteiger partial charge on any atom is 0.416 e. The molecular weight excluding hydrogens is 293 g/mol. The summed E-state index contributed by atoms with van der Waals surface area (Å²) in [5, 5.41) is 11.4. The van der Waals surface area contributed by atoms with Crippen molar-refractivity contribution in [3.05, 3.63) is 35.4 Å². The van der Waals surface area contributed by atoms with Gasteiger partial charge in [0.15, 0.2) is 0 Å². The van der Waals surface area contributed by atoms with Crippen molar-refractivity contribution in [2.75, 3.05) is 0 Å². The minimum Gasteiger partial charge on any atom is -0.352 e. The average Bonchev–Trinajstić information content (AvgIpc) is 2.52. The lowest BCUT2D eigenvalue weighted by Crippen LogP contribution is -2.33. The predicted molar refractivity (Wildman–Crippen MR) is 74.4 cm³/mol. The van der Waals surface area contributed by atoms with E-state index < -0.39 is 11.7 Å². The average molecular weight is 310 g/mol. The number of nitrogens with zero attached hydrogens (tertiary/aromatic N) is 1. The standard InChI is InChI=1S/C16H17F3N2O/c17-16(18,19)14-4-2-1-3-13(14)10-21-15(22)12-7-5-11(9-20)6-8-12/h1-4,11-12H,5-8,10H2,(H,21,22). The summed E-state index contributed by atoms with van der Waals surface area (Å²) in [7, 11) is 0. The summed E-state index contributed by atoms with van der Waals surface area (Å²) in [6.07, 6.45) is -1.84. The van der Waals surface area contributed by atoms with Crippen LogP contribution in [-0.2, 0) is 17.5 Å². The van der Waals surface area contributed by atoms with Crippen LogP contribution in [0.1, 0.15) is 36.8 Å². The highest BCUT2D eigenvalue weighted by Crippen LogP contribution is 2.32. The van der Waals surface area contributed by atoms with Gasteiger partial charge in [0.1, 0.15) is 0 Å². The molecule has 22 heavy (non-hydrogen) atoms. The number of carbonyl (C=O) groups is 1. The topological polar surface area (TPSA) is 52.9 Å². The molecule has 0 aromatic heterocycles. The molecule has 0 spiro atoms. The summed E-state index contributed by atoms with van der Waals surface area (Å²) in [5.74, 6) is -0.439. The molecule has 0 unspecified atom stereocenters. The Hall–Kier alpha value is -2.03. The summed E-state index contributed by atoms with van der Waals surface area (Å²) >= 11 is 0. The highest BCUT2D eigenvalue weighted by Gasteiger charge is 2.33. The summed E-state index contributed by atoms with van der Waals surface area (Å²) < 4.78 is 38.6. The van der Waals surface area contributed by atoms with Gasteiger partial charge in [0.2, 0.25) is 5.91 Å². The molecule has 0 heterocycles. The molecule has 1 N–H and O–H groups in total. The van der Waals surface area contributed by atoms with Crippen LogP contribution >= 0.6 is 0 Å². The molecule has 0 bridgehead atoms. The van der Waals surface area contributed by atoms with Crippen molar-refractivity contribution in [3.8, 4) is 6.07 Å². The fraction of sp³-hybridized carbons (Fsp3) is 0.500. The second-order valence-corrected chi connectivity index (χ2v) is 5.55. The van der Waals surface area contributed by atoms with Gasteiger partial charge in [-0.1, -0.05) is 18.2 Å². The van der Waals surface area contributed by atoms with Gasteiger partial charge in [-0.15, -0.1) is 0 Å². The largest absolute Gasteiger partial charge is 0.416 e. The van der Waals surface area contributed by atoms with E-state index in [0.29, 0.717) is 25.7 Å². The zero-order chi connectivity index (χ0) is 16.2. The summed E-state index contributed by atoms with van der Waals surface area (Å²) in [5.41, 5.74) is -0.655. The van der Waals surface area contributed by atoms with Crippen LogP contribution in [0.2, 0.25) is 0 Å². The van der Waals surface area contributed by atoms with E-state index in [1.807, 2.05) is 0 Å². The number of hydrogen-bond donors (Lipinski definition) is 1. The van der Waals surface area contributed by atoms with Crippen LogP contribution < -0.4 is 5.32 Å². The monoisotopic (exact) mass is 310 g/mol. The Morgan fingerprint density at radius 2 is 1.86 bits per heavy atom. The summed E-state index contributed by atoms with van der Waals surface area (Å²) in [6.45, 7) is -0.132. The number of hydrogen-bond acceptors (Lipinski definition) is 2. The fourth-order valence-electron chi connectivity index (χ4n) is 2.76. The fourth-order valence-corrected chi connectivity index (χ4v) is 2.76. The highest BCUT2D eigenvalue weighted by atomic mass is 19.4. The van der Waals surface area contributed by atoms with Crippen LogP contribution in [0.3, 0.4) is 0 Å². The quantitative estimate of drug-likeness (QED) is 0.926. The molecule has 1 amide bonds. The molecule has 6 heteroatoms. The molecule has 2 rings (SSSR count). The third kappa shape index (κ3) is 4.00. The third-order valence-electron chi connectivity index (χ3n) is 4.06. The minimum absolute atomic E-state index is 0.00462. The first kappa shape index (κ1) is 16.3. The summed E-state index contributed by atoms with van der Waals surface area (Å²) in [4.78, 5) is 12.1.